The van der Waals surface area contributed by atoms with Crippen molar-refractivity contribution in [2.75, 3.05) is 0 Å². The molecule has 2 heterocycles. The molecule has 0 aliphatic rings. The lowest BCUT2D eigenvalue weighted by atomic mass is 9.87. The third kappa shape index (κ3) is 3.70. The fourth-order valence-corrected chi connectivity index (χ4v) is 3.56. The van der Waals surface area contributed by atoms with Gasteiger partial charge in [0.05, 0.1) is 22.5 Å². The van der Waals surface area contributed by atoms with E-state index in [9.17, 15) is 4.79 Å². The molecule has 0 aliphatic carbocycles. The van der Waals surface area contributed by atoms with Crippen LogP contribution in [0, 0.1) is 13.8 Å². The van der Waals surface area contributed by atoms with E-state index in [0.29, 0.717) is 0 Å². The number of rotatable bonds is 3. The van der Waals surface area contributed by atoms with Gasteiger partial charge in [-0.2, -0.15) is 9.78 Å². The summed E-state index contributed by atoms with van der Waals surface area (Å²) in [6.45, 7) is 10.4. The quantitative estimate of drug-likeness (QED) is 0.686. The highest BCUT2D eigenvalue weighted by molar-refractivity contribution is 7.99. The lowest BCUT2D eigenvalue weighted by Gasteiger charge is -2.19. The van der Waals surface area contributed by atoms with Crippen molar-refractivity contribution >= 4 is 17.7 Å². The van der Waals surface area contributed by atoms with Crippen molar-refractivity contribution < 1.29 is 4.79 Å². The van der Waals surface area contributed by atoms with Gasteiger partial charge >= 0.3 is 0 Å². The van der Waals surface area contributed by atoms with E-state index in [0.717, 1.165) is 21.2 Å². The lowest BCUT2D eigenvalue weighted by molar-refractivity contribution is 0.0936. The van der Waals surface area contributed by atoms with Gasteiger partial charge in [0.2, 0.25) is 0 Å². The number of hydrogen-bond acceptors (Lipinski definition) is 5. The summed E-state index contributed by atoms with van der Waals surface area (Å²) >= 11 is 1.62. The smallest absolute Gasteiger partial charge is 0.265 e. The molecule has 5 nitrogen and oxygen atoms in total. The summed E-state index contributed by atoms with van der Waals surface area (Å²) in [5.74, 6) is -0.270. The summed E-state index contributed by atoms with van der Waals surface area (Å²) in [6, 6.07) is 8.54. The highest BCUT2D eigenvalue weighted by Gasteiger charge is 2.20. The molecule has 1 aromatic carbocycles. The molecule has 0 radical (unpaired) electrons. The minimum atomic E-state index is -0.270. The maximum absolute atomic E-state index is 12.6. The van der Waals surface area contributed by atoms with Crippen molar-refractivity contribution in [2.45, 2.75) is 49.8 Å². The second-order valence-corrected chi connectivity index (χ2v) is 8.27. The Kier molecular flexibility index (Phi) is 4.96. The molecule has 6 heteroatoms. The van der Waals surface area contributed by atoms with Gasteiger partial charge in [-0.1, -0.05) is 44.7 Å². The Morgan fingerprint density at radius 2 is 1.77 bits per heavy atom. The summed E-state index contributed by atoms with van der Waals surface area (Å²) in [6.07, 6.45) is 4.50. The SMILES string of the molecule is Cc1nn(C(=O)c2cnccn2)c(C)c1Sc1ccc(C(C)(C)C)cc1. The molecule has 3 rings (SSSR count). The third-order valence-electron chi connectivity index (χ3n) is 4.14. The zero-order valence-electron chi connectivity index (χ0n) is 15.6. The van der Waals surface area contributed by atoms with Crippen LogP contribution in [0.15, 0.2) is 52.6 Å². The molecule has 0 saturated carbocycles. The minimum absolute atomic E-state index is 0.128. The van der Waals surface area contributed by atoms with Crippen LogP contribution in [-0.2, 0) is 5.41 Å². The average Bonchev–Trinajstić information content (AvgIpc) is 2.90. The Hall–Kier alpha value is -2.47. The molecule has 0 amide bonds. The number of benzene rings is 1. The van der Waals surface area contributed by atoms with Crippen LogP contribution < -0.4 is 0 Å². The number of nitrogens with zero attached hydrogens (tertiary/aromatic N) is 4. The van der Waals surface area contributed by atoms with Crippen molar-refractivity contribution in [2.24, 2.45) is 0 Å². The largest absolute Gasteiger partial charge is 0.298 e. The molecule has 2 aromatic heterocycles. The maximum Gasteiger partial charge on any atom is 0.298 e. The topological polar surface area (TPSA) is 60.7 Å². The van der Waals surface area contributed by atoms with Crippen molar-refractivity contribution in [3.8, 4) is 0 Å². The molecule has 0 bridgehead atoms. The molecule has 0 fully saturated rings. The van der Waals surface area contributed by atoms with Crippen LogP contribution in [0.3, 0.4) is 0 Å². The van der Waals surface area contributed by atoms with Crippen molar-refractivity contribution in [3.05, 3.63) is 65.5 Å². The minimum Gasteiger partial charge on any atom is -0.265 e. The van der Waals surface area contributed by atoms with E-state index in [1.807, 2.05) is 13.8 Å². The molecular formula is C20H22N4OS. The fraction of sp³-hybridized carbons (Fsp3) is 0.300. The predicted molar refractivity (Wildman–Crippen MR) is 103 cm³/mol. The van der Waals surface area contributed by atoms with Crippen LogP contribution in [-0.4, -0.2) is 25.7 Å². The number of hydrogen-bond donors (Lipinski definition) is 0. The van der Waals surface area contributed by atoms with Crippen LogP contribution >= 0.6 is 11.8 Å². The molecule has 0 atom stereocenters. The van der Waals surface area contributed by atoms with Gasteiger partial charge in [-0.25, -0.2) is 4.98 Å². The molecule has 0 spiro atoms. The van der Waals surface area contributed by atoms with Crippen molar-refractivity contribution in [1.82, 2.24) is 19.7 Å². The van der Waals surface area contributed by atoms with Gasteiger partial charge in [-0.3, -0.25) is 9.78 Å². The Morgan fingerprint density at radius 1 is 1.08 bits per heavy atom. The van der Waals surface area contributed by atoms with Crippen molar-refractivity contribution in [3.63, 3.8) is 0 Å². The summed E-state index contributed by atoms with van der Waals surface area (Å²) in [5.41, 5.74) is 3.34. The van der Waals surface area contributed by atoms with Crippen LogP contribution in [0.25, 0.3) is 0 Å². The van der Waals surface area contributed by atoms with Gasteiger partial charge in [0.15, 0.2) is 0 Å². The van der Waals surface area contributed by atoms with Gasteiger partial charge in [-0.15, -0.1) is 0 Å². The van der Waals surface area contributed by atoms with Gasteiger partial charge in [-0.05, 0) is 37.0 Å². The molecule has 0 saturated heterocycles. The highest BCUT2D eigenvalue weighted by atomic mass is 32.2. The number of aromatic nitrogens is 4. The van der Waals surface area contributed by atoms with E-state index < -0.39 is 0 Å². The Labute approximate surface area is 157 Å². The zero-order valence-corrected chi connectivity index (χ0v) is 16.5. The maximum atomic E-state index is 12.6. The second kappa shape index (κ2) is 7.03. The van der Waals surface area contributed by atoms with E-state index in [1.54, 1.807) is 18.0 Å². The third-order valence-corrected chi connectivity index (χ3v) is 5.44. The lowest BCUT2D eigenvalue weighted by Crippen LogP contribution is -2.16. The fourth-order valence-electron chi connectivity index (χ4n) is 2.63. The molecule has 0 aliphatic heterocycles. The van der Waals surface area contributed by atoms with E-state index in [4.69, 9.17) is 0 Å². The van der Waals surface area contributed by atoms with E-state index in [2.05, 4.69) is 60.1 Å². The Morgan fingerprint density at radius 3 is 2.35 bits per heavy atom. The first-order valence-electron chi connectivity index (χ1n) is 8.42. The predicted octanol–water partition coefficient (Wildman–Crippen LogP) is 4.43. The van der Waals surface area contributed by atoms with Gasteiger partial charge in [0.1, 0.15) is 5.69 Å². The van der Waals surface area contributed by atoms with Crippen LogP contribution in [0.2, 0.25) is 0 Å². The summed E-state index contributed by atoms with van der Waals surface area (Å²) in [7, 11) is 0. The number of carbonyl (C=O) groups excluding carboxylic acids is 1. The summed E-state index contributed by atoms with van der Waals surface area (Å²) < 4.78 is 1.41. The second-order valence-electron chi connectivity index (χ2n) is 7.18. The number of carbonyl (C=O) groups is 1. The summed E-state index contributed by atoms with van der Waals surface area (Å²) in [4.78, 5) is 22.8. The first-order chi connectivity index (χ1) is 12.3. The molecule has 134 valence electrons. The average molecular weight is 366 g/mol. The van der Waals surface area contributed by atoms with Crippen LogP contribution in [0.4, 0.5) is 0 Å². The van der Waals surface area contributed by atoms with E-state index in [-0.39, 0.29) is 17.0 Å². The van der Waals surface area contributed by atoms with Crippen LogP contribution in [0.5, 0.6) is 0 Å². The Bertz CT molecular complexity index is 925. The summed E-state index contributed by atoms with van der Waals surface area (Å²) in [5, 5.41) is 4.42. The normalized spacial score (nSPS) is 11.6. The van der Waals surface area contributed by atoms with E-state index in [1.165, 1.54) is 22.6 Å². The van der Waals surface area contributed by atoms with Crippen molar-refractivity contribution in [1.29, 1.82) is 0 Å². The molecular weight excluding hydrogens is 344 g/mol. The van der Waals surface area contributed by atoms with Crippen LogP contribution in [0.1, 0.15) is 48.2 Å². The van der Waals surface area contributed by atoms with E-state index >= 15 is 0 Å². The zero-order chi connectivity index (χ0) is 18.9. The molecule has 3 aromatic rings. The van der Waals surface area contributed by atoms with Gasteiger partial charge < -0.3 is 0 Å². The molecule has 26 heavy (non-hydrogen) atoms. The van der Waals surface area contributed by atoms with Gasteiger partial charge in [0, 0.05) is 17.3 Å². The highest BCUT2D eigenvalue weighted by Crippen LogP contribution is 2.34. The van der Waals surface area contributed by atoms with Gasteiger partial charge in [0.25, 0.3) is 5.91 Å². The monoisotopic (exact) mass is 366 g/mol. The Balaban J connectivity index is 1.88. The standard InChI is InChI=1S/C20H22N4OS/c1-13-18(26-16-8-6-15(7-9-16)20(3,4)5)14(2)24(23-13)19(25)17-12-21-10-11-22-17/h6-12H,1-5H3. The number of aryl methyl sites for hydroxylation is 1. The first-order valence-corrected chi connectivity index (χ1v) is 9.24. The molecule has 0 N–H and O–H groups in total. The first kappa shape index (κ1) is 18.3. The molecule has 0 unspecified atom stereocenters.